The van der Waals surface area contributed by atoms with Crippen LogP contribution in [-0.2, 0) is 9.59 Å². The largest absolute Gasteiger partial charge is 0.478 e. The number of fused-ring (bicyclic) bond motifs is 1. The van der Waals surface area contributed by atoms with Crippen LogP contribution in [0.25, 0.3) is 11.0 Å². The number of nitrogens with one attached hydrogen (secondary N) is 1. The third kappa shape index (κ3) is 5.56. The van der Waals surface area contributed by atoms with Crippen LogP contribution in [0.4, 0.5) is 10.1 Å². The van der Waals surface area contributed by atoms with E-state index in [1.807, 2.05) is 6.07 Å². The fraction of sp³-hybridized carbons (Fsp3) is 0.400. The number of hydrogen-bond donors (Lipinski definition) is 3. The summed E-state index contributed by atoms with van der Waals surface area (Å²) in [7, 11) is 0. The topological polar surface area (TPSA) is 103 Å². The lowest BCUT2D eigenvalue weighted by Gasteiger charge is -2.41. The third-order valence-electron chi connectivity index (χ3n) is 4.76. The standard InChI is InChI=1S/C16H21FN2O.C4H4O4/c1-3-11(2)15-10-18-5-6-19(15)14-9-13(17)8-12-4-7-20-16(12)14;5-3(6)1-2-4(7)8/h4,7-9,11,15,18H,3,5-6,10H2,1-2H3;1-2H,(H,5,6)(H,7,8)/b;2-1+/t11?,15-;/m0./s1. The number of anilines is 1. The number of hydrogen-bond acceptors (Lipinski definition) is 5. The molecule has 1 unspecified atom stereocenters. The van der Waals surface area contributed by atoms with Gasteiger partial charge in [0.05, 0.1) is 12.0 Å². The Morgan fingerprint density at radius 2 is 2.04 bits per heavy atom. The van der Waals surface area contributed by atoms with Crippen molar-refractivity contribution in [3.8, 4) is 0 Å². The Kier molecular flexibility index (Phi) is 7.57. The first kappa shape index (κ1) is 21.4. The van der Waals surface area contributed by atoms with Gasteiger partial charge >= 0.3 is 11.9 Å². The van der Waals surface area contributed by atoms with Crippen molar-refractivity contribution >= 4 is 28.6 Å². The summed E-state index contributed by atoms with van der Waals surface area (Å²) in [5, 5.41) is 19.9. The second-order valence-corrected chi connectivity index (χ2v) is 6.62. The number of aliphatic carboxylic acids is 2. The minimum Gasteiger partial charge on any atom is -0.478 e. The lowest BCUT2D eigenvalue weighted by Crippen LogP contribution is -2.54. The number of rotatable bonds is 5. The highest BCUT2D eigenvalue weighted by Gasteiger charge is 2.28. The Morgan fingerprint density at radius 3 is 2.64 bits per heavy atom. The molecule has 152 valence electrons. The maximum atomic E-state index is 13.9. The second kappa shape index (κ2) is 9.89. The normalized spacial score (nSPS) is 18.0. The molecule has 0 bridgehead atoms. The van der Waals surface area contributed by atoms with Gasteiger partial charge in [0.25, 0.3) is 0 Å². The minimum absolute atomic E-state index is 0.199. The van der Waals surface area contributed by atoms with E-state index in [0.29, 0.717) is 24.1 Å². The lowest BCUT2D eigenvalue weighted by atomic mass is 9.95. The Labute approximate surface area is 162 Å². The molecule has 28 heavy (non-hydrogen) atoms. The van der Waals surface area contributed by atoms with Gasteiger partial charge in [-0.15, -0.1) is 0 Å². The lowest BCUT2D eigenvalue weighted by molar-refractivity contribution is -0.134. The van der Waals surface area contributed by atoms with Crippen molar-refractivity contribution in [3.63, 3.8) is 0 Å². The van der Waals surface area contributed by atoms with Gasteiger partial charge in [0.2, 0.25) is 0 Å². The third-order valence-corrected chi connectivity index (χ3v) is 4.76. The number of carbonyl (C=O) groups is 2. The molecule has 0 amide bonds. The number of benzene rings is 1. The van der Waals surface area contributed by atoms with E-state index in [-0.39, 0.29) is 5.82 Å². The molecular weight excluding hydrogens is 367 g/mol. The zero-order chi connectivity index (χ0) is 20.7. The summed E-state index contributed by atoms with van der Waals surface area (Å²) >= 11 is 0. The van der Waals surface area contributed by atoms with Gasteiger partial charge in [0.1, 0.15) is 5.82 Å². The minimum atomic E-state index is -1.26. The average Bonchev–Trinajstić information content (AvgIpc) is 3.14. The fourth-order valence-electron chi connectivity index (χ4n) is 3.19. The van der Waals surface area contributed by atoms with Crippen molar-refractivity contribution in [2.24, 2.45) is 5.92 Å². The summed E-state index contributed by atoms with van der Waals surface area (Å²) in [6.45, 7) is 7.20. The van der Waals surface area contributed by atoms with E-state index < -0.39 is 11.9 Å². The number of piperazine rings is 1. The van der Waals surface area contributed by atoms with Crippen molar-refractivity contribution in [2.75, 3.05) is 24.5 Å². The summed E-state index contributed by atoms with van der Waals surface area (Å²) in [5.74, 6) is -2.16. The van der Waals surface area contributed by atoms with E-state index in [1.54, 1.807) is 12.3 Å². The van der Waals surface area contributed by atoms with E-state index in [1.165, 1.54) is 6.07 Å². The highest BCUT2D eigenvalue weighted by molar-refractivity contribution is 5.90. The van der Waals surface area contributed by atoms with Gasteiger partial charge in [-0.1, -0.05) is 20.3 Å². The smallest absolute Gasteiger partial charge is 0.328 e. The molecule has 1 aromatic carbocycles. The maximum absolute atomic E-state index is 13.9. The first-order chi connectivity index (χ1) is 13.3. The molecule has 0 spiro atoms. The predicted octanol–water partition coefficient (Wildman–Crippen LogP) is 3.11. The summed E-state index contributed by atoms with van der Waals surface area (Å²) in [6.07, 6.45) is 3.86. The molecule has 7 nitrogen and oxygen atoms in total. The number of halogens is 1. The summed E-state index contributed by atoms with van der Waals surface area (Å²) in [5.41, 5.74) is 1.68. The molecule has 3 rings (SSSR count). The van der Waals surface area contributed by atoms with Crippen LogP contribution in [-0.4, -0.2) is 47.8 Å². The molecule has 0 aliphatic carbocycles. The van der Waals surface area contributed by atoms with Gasteiger partial charge in [-0.2, -0.15) is 0 Å². The van der Waals surface area contributed by atoms with E-state index in [4.69, 9.17) is 14.6 Å². The molecule has 2 aromatic rings. The summed E-state index contributed by atoms with van der Waals surface area (Å²) in [6, 6.07) is 5.33. The van der Waals surface area contributed by atoms with Gasteiger partial charge in [0.15, 0.2) is 5.58 Å². The van der Waals surface area contributed by atoms with Crippen LogP contribution in [0.5, 0.6) is 0 Å². The molecular formula is C20H25FN2O5. The van der Waals surface area contributed by atoms with Crippen LogP contribution in [0.15, 0.2) is 41.0 Å². The summed E-state index contributed by atoms with van der Waals surface area (Å²) in [4.78, 5) is 21.4. The molecule has 8 heteroatoms. The number of carboxylic acid groups (broad SMARTS) is 2. The fourth-order valence-corrected chi connectivity index (χ4v) is 3.19. The van der Waals surface area contributed by atoms with Crippen molar-refractivity contribution in [1.82, 2.24) is 5.32 Å². The van der Waals surface area contributed by atoms with E-state index in [2.05, 4.69) is 24.1 Å². The zero-order valence-corrected chi connectivity index (χ0v) is 15.9. The monoisotopic (exact) mass is 392 g/mol. The Balaban J connectivity index is 0.000000300. The zero-order valence-electron chi connectivity index (χ0n) is 15.9. The molecule has 0 saturated carbocycles. The Morgan fingerprint density at radius 1 is 1.36 bits per heavy atom. The van der Waals surface area contributed by atoms with Gasteiger partial charge in [-0.3, -0.25) is 0 Å². The van der Waals surface area contributed by atoms with E-state index >= 15 is 0 Å². The molecule has 2 atom stereocenters. The number of furan rings is 1. The molecule has 1 aliphatic heterocycles. The molecule has 3 N–H and O–H groups in total. The average molecular weight is 392 g/mol. The van der Waals surface area contributed by atoms with Crippen molar-refractivity contribution < 1.29 is 28.6 Å². The van der Waals surface area contributed by atoms with Crippen molar-refractivity contribution in [1.29, 1.82) is 0 Å². The Bertz CT molecular complexity index is 832. The second-order valence-electron chi connectivity index (χ2n) is 6.62. The first-order valence-electron chi connectivity index (χ1n) is 9.11. The van der Waals surface area contributed by atoms with Crippen LogP contribution in [0, 0.1) is 11.7 Å². The van der Waals surface area contributed by atoms with E-state index in [9.17, 15) is 14.0 Å². The maximum Gasteiger partial charge on any atom is 0.328 e. The molecule has 1 fully saturated rings. The van der Waals surface area contributed by atoms with Crippen LogP contribution in [0.3, 0.4) is 0 Å². The van der Waals surface area contributed by atoms with Crippen LogP contribution < -0.4 is 10.2 Å². The molecule has 1 aromatic heterocycles. The SMILES string of the molecule is CCC(C)[C@@H]1CNCCN1c1cc(F)cc2ccoc12.O=C(O)/C=C/C(=O)O. The first-order valence-corrected chi connectivity index (χ1v) is 9.11. The highest BCUT2D eigenvalue weighted by Crippen LogP contribution is 2.32. The predicted molar refractivity (Wildman–Crippen MR) is 104 cm³/mol. The molecule has 2 heterocycles. The van der Waals surface area contributed by atoms with Crippen LogP contribution in [0.1, 0.15) is 20.3 Å². The highest BCUT2D eigenvalue weighted by atomic mass is 19.1. The van der Waals surface area contributed by atoms with Crippen molar-refractivity contribution in [2.45, 2.75) is 26.3 Å². The Hall–Kier alpha value is -2.87. The van der Waals surface area contributed by atoms with Crippen LogP contribution in [0.2, 0.25) is 0 Å². The molecule has 0 radical (unpaired) electrons. The molecule has 1 aliphatic rings. The van der Waals surface area contributed by atoms with Gasteiger partial charge < -0.3 is 24.8 Å². The quantitative estimate of drug-likeness (QED) is 0.672. The van der Waals surface area contributed by atoms with Gasteiger partial charge in [-0.05, 0) is 18.1 Å². The number of nitrogens with zero attached hydrogens (tertiary/aromatic N) is 1. The van der Waals surface area contributed by atoms with Crippen LogP contribution >= 0.6 is 0 Å². The van der Waals surface area contributed by atoms with Gasteiger partial charge in [-0.25, -0.2) is 14.0 Å². The van der Waals surface area contributed by atoms with Crippen molar-refractivity contribution in [3.05, 3.63) is 42.4 Å². The number of carboxylic acids is 2. The summed E-state index contributed by atoms with van der Waals surface area (Å²) < 4.78 is 19.4. The van der Waals surface area contributed by atoms with E-state index in [0.717, 1.165) is 42.7 Å². The molecule has 1 saturated heterocycles. The van der Waals surface area contributed by atoms with Gasteiger partial charge in [0, 0.05) is 49.3 Å².